The minimum atomic E-state index is -0.831. The summed E-state index contributed by atoms with van der Waals surface area (Å²) in [4.78, 5) is 13.6. The maximum Gasteiger partial charge on any atom is 0.259 e. The van der Waals surface area contributed by atoms with E-state index in [1.54, 1.807) is 18.4 Å². The Hall–Kier alpha value is -1.88. The van der Waals surface area contributed by atoms with Crippen LogP contribution in [0.1, 0.15) is 12.5 Å². The van der Waals surface area contributed by atoms with Gasteiger partial charge in [0.25, 0.3) is 5.91 Å². The summed E-state index contributed by atoms with van der Waals surface area (Å²) in [5.74, 6) is 0.0509. The number of nitrogens with one attached hydrogen (secondary N) is 2. The highest BCUT2D eigenvalue weighted by Gasteiger charge is 2.45. The lowest BCUT2D eigenvalue weighted by Gasteiger charge is -2.22. The second-order valence-corrected chi connectivity index (χ2v) is 5.58. The Balaban J connectivity index is 2.13. The molecular formula is C13H13N3OS. The SMILES string of the molecule is CN1C(=N)NC(C)(c2ccc3sccc3c2)C1=O. The molecule has 1 saturated heterocycles. The van der Waals surface area contributed by atoms with Crippen molar-refractivity contribution in [3.8, 4) is 0 Å². The molecule has 1 atom stereocenters. The van der Waals surface area contributed by atoms with Gasteiger partial charge in [0, 0.05) is 11.7 Å². The Kier molecular flexibility index (Phi) is 2.22. The van der Waals surface area contributed by atoms with E-state index in [1.165, 1.54) is 9.60 Å². The highest BCUT2D eigenvalue weighted by atomic mass is 32.1. The molecule has 0 saturated carbocycles. The monoisotopic (exact) mass is 259 g/mol. The van der Waals surface area contributed by atoms with Crippen molar-refractivity contribution in [2.45, 2.75) is 12.5 Å². The average Bonchev–Trinajstić information content (AvgIpc) is 2.89. The molecule has 1 aromatic heterocycles. The average molecular weight is 259 g/mol. The summed E-state index contributed by atoms with van der Waals surface area (Å²) in [6, 6.07) is 8.04. The summed E-state index contributed by atoms with van der Waals surface area (Å²) in [7, 11) is 1.62. The summed E-state index contributed by atoms with van der Waals surface area (Å²) in [5.41, 5.74) is 0.0644. The van der Waals surface area contributed by atoms with E-state index in [-0.39, 0.29) is 11.9 Å². The van der Waals surface area contributed by atoms with Gasteiger partial charge in [-0.3, -0.25) is 15.1 Å². The van der Waals surface area contributed by atoms with Crippen LogP contribution in [-0.2, 0) is 10.3 Å². The highest BCUT2D eigenvalue weighted by molar-refractivity contribution is 7.17. The zero-order valence-corrected chi connectivity index (χ0v) is 11.0. The predicted molar refractivity (Wildman–Crippen MR) is 72.8 cm³/mol. The Labute approximate surface area is 109 Å². The molecule has 1 unspecified atom stereocenters. The van der Waals surface area contributed by atoms with Crippen LogP contribution >= 0.6 is 11.3 Å². The van der Waals surface area contributed by atoms with Gasteiger partial charge in [-0.15, -0.1) is 11.3 Å². The second kappa shape index (κ2) is 3.55. The molecule has 1 fully saturated rings. The number of fused-ring (bicyclic) bond motifs is 1. The van der Waals surface area contributed by atoms with Crippen molar-refractivity contribution in [1.29, 1.82) is 5.41 Å². The number of rotatable bonds is 1. The number of carbonyl (C=O) groups excluding carboxylic acids is 1. The van der Waals surface area contributed by atoms with Crippen LogP contribution in [0.25, 0.3) is 10.1 Å². The largest absolute Gasteiger partial charge is 0.338 e. The number of nitrogens with zero attached hydrogens (tertiary/aromatic N) is 1. The van der Waals surface area contributed by atoms with Crippen molar-refractivity contribution in [1.82, 2.24) is 10.2 Å². The van der Waals surface area contributed by atoms with Crippen LogP contribution in [0.2, 0.25) is 0 Å². The van der Waals surface area contributed by atoms with Crippen LogP contribution in [0.5, 0.6) is 0 Å². The lowest BCUT2D eigenvalue weighted by molar-refractivity contribution is -0.129. The van der Waals surface area contributed by atoms with Gasteiger partial charge in [-0.25, -0.2) is 0 Å². The van der Waals surface area contributed by atoms with Gasteiger partial charge < -0.3 is 5.32 Å². The molecule has 92 valence electrons. The number of likely N-dealkylation sites (N-methyl/N-ethyl adjacent to an activating group) is 1. The highest BCUT2D eigenvalue weighted by Crippen LogP contribution is 2.31. The van der Waals surface area contributed by atoms with E-state index in [0.29, 0.717) is 0 Å². The smallest absolute Gasteiger partial charge is 0.259 e. The summed E-state index contributed by atoms with van der Waals surface area (Å²) >= 11 is 1.68. The molecule has 2 heterocycles. The molecule has 1 aromatic carbocycles. The molecule has 1 aliphatic heterocycles. The Morgan fingerprint density at radius 3 is 2.83 bits per heavy atom. The molecule has 1 aliphatic rings. The van der Waals surface area contributed by atoms with Gasteiger partial charge >= 0.3 is 0 Å². The zero-order valence-electron chi connectivity index (χ0n) is 10.2. The molecule has 2 N–H and O–H groups in total. The van der Waals surface area contributed by atoms with Crippen LogP contribution in [0.15, 0.2) is 29.6 Å². The topological polar surface area (TPSA) is 56.2 Å². The molecule has 0 radical (unpaired) electrons. The van der Waals surface area contributed by atoms with Gasteiger partial charge in [-0.1, -0.05) is 6.07 Å². The maximum absolute atomic E-state index is 12.2. The molecule has 3 rings (SSSR count). The quantitative estimate of drug-likeness (QED) is 0.824. The van der Waals surface area contributed by atoms with Gasteiger partial charge in [-0.05, 0) is 41.5 Å². The van der Waals surface area contributed by atoms with Crippen molar-refractivity contribution in [3.63, 3.8) is 0 Å². The third-order valence-electron chi connectivity index (χ3n) is 3.47. The molecule has 5 heteroatoms. The number of hydrogen-bond acceptors (Lipinski definition) is 3. The van der Waals surface area contributed by atoms with Crippen molar-refractivity contribution in [2.24, 2.45) is 0 Å². The van der Waals surface area contributed by atoms with E-state index in [4.69, 9.17) is 5.41 Å². The Bertz CT molecular complexity index is 663. The molecular weight excluding hydrogens is 246 g/mol. The first-order valence-electron chi connectivity index (χ1n) is 5.65. The van der Waals surface area contributed by atoms with Crippen molar-refractivity contribution in [2.75, 3.05) is 7.05 Å². The first-order valence-corrected chi connectivity index (χ1v) is 6.53. The number of amides is 1. The summed E-state index contributed by atoms with van der Waals surface area (Å²) in [6.07, 6.45) is 0. The van der Waals surface area contributed by atoms with Crippen LogP contribution in [0, 0.1) is 5.41 Å². The fraction of sp³-hybridized carbons (Fsp3) is 0.231. The van der Waals surface area contributed by atoms with E-state index in [2.05, 4.69) is 5.32 Å². The van der Waals surface area contributed by atoms with Crippen molar-refractivity contribution < 1.29 is 4.79 Å². The van der Waals surface area contributed by atoms with Crippen LogP contribution < -0.4 is 5.32 Å². The molecule has 4 nitrogen and oxygen atoms in total. The van der Waals surface area contributed by atoms with Gasteiger partial charge in [0.05, 0.1) is 0 Å². The summed E-state index contributed by atoms with van der Waals surface area (Å²) < 4.78 is 1.20. The summed E-state index contributed by atoms with van der Waals surface area (Å²) in [5, 5.41) is 13.9. The van der Waals surface area contributed by atoms with Crippen LogP contribution in [-0.4, -0.2) is 23.8 Å². The van der Waals surface area contributed by atoms with Crippen molar-refractivity contribution in [3.05, 3.63) is 35.2 Å². The molecule has 0 spiro atoms. The van der Waals surface area contributed by atoms with Gasteiger partial charge in [0.2, 0.25) is 0 Å². The maximum atomic E-state index is 12.2. The van der Waals surface area contributed by atoms with E-state index >= 15 is 0 Å². The molecule has 0 aliphatic carbocycles. The van der Waals surface area contributed by atoms with Crippen molar-refractivity contribution >= 4 is 33.3 Å². The lowest BCUT2D eigenvalue weighted by Crippen LogP contribution is -2.40. The van der Waals surface area contributed by atoms with Gasteiger partial charge in [-0.2, -0.15) is 0 Å². The van der Waals surface area contributed by atoms with Crippen LogP contribution in [0.4, 0.5) is 0 Å². The van der Waals surface area contributed by atoms with E-state index in [1.807, 2.05) is 36.6 Å². The fourth-order valence-corrected chi connectivity index (χ4v) is 3.06. The second-order valence-electron chi connectivity index (χ2n) is 4.64. The zero-order chi connectivity index (χ0) is 12.9. The first kappa shape index (κ1) is 11.2. The normalized spacial score (nSPS) is 23.8. The van der Waals surface area contributed by atoms with Crippen LogP contribution in [0.3, 0.4) is 0 Å². The predicted octanol–water partition coefficient (Wildman–Crippen LogP) is 2.11. The Morgan fingerprint density at radius 2 is 2.17 bits per heavy atom. The van der Waals surface area contributed by atoms with E-state index in [0.717, 1.165) is 10.9 Å². The molecule has 0 bridgehead atoms. The third kappa shape index (κ3) is 1.37. The standard InChI is InChI=1S/C13H13N3OS/c1-13(11(17)16(2)12(14)15-13)9-3-4-10-8(7-9)5-6-18-10/h3-7H,1-2H3,(H2,14,15). The van der Waals surface area contributed by atoms with Gasteiger partial charge in [0.1, 0.15) is 5.54 Å². The molecule has 18 heavy (non-hydrogen) atoms. The number of benzene rings is 1. The van der Waals surface area contributed by atoms with E-state index < -0.39 is 5.54 Å². The minimum absolute atomic E-state index is 0.0953. The third-order valence-corrected chi connectivity index (χ3v) is 4.36. The Morgan fingerprint density at radius 1 is 1.39 bits per heavy atom. The van der Waals surface area contributed by atoms with E-state index in [9.17, 15) is 4.79 Å². The number of guanidine groups is 1. The molecule has 2 aromatic rings. The number of thiophene rings is 1. The first-order chi connectivity index (χ1) is 8.52. The minimum Gasteiger partial charge on any atom is -0.338 e. The van der Waals surface area contributed by atoms with Gasteiger partial charge in [0.15, 0.2) is 5.96 Å². The number of carbonyl (C=O) groups is 1. The fourth-order valence-electron chi connectivity index (χ4n) is 2.28. The lowest BCUT2D eigenvalue weighted by atomic mass is 9.91. The summed E-state index contributed by atoms with van der Waals surface area (Å²) in [6.45, 7) is 1.82. The number of hydrogen-bond donors (Lipinski definition) is 2. The molecule has 1 amide bonds.